The SMILES string of the molecule is COC(OC)[SiH2]CCCS[Si](C)(C)C(C)(C)C. The minimum absolute atomic E-state index is 0.118. The van der Waals surface area contributed by atoms with Gasteiger partial charge in [0.15, 0.2) is 0 Å². The van der Waals surface area contributed by atoms with E-state index in [2.05, 4.69) is 45.1 Å². The molecule has 0 rings (SSSR count). The van der Waals surface area contributed by atoms with Crippen molar-refractivity contribution < 1.29 is 9.47 Å². The van der Waals surface area contributed by atoms with Crippen LogP contribution in [-0.4, -0.2) is 42.6 Å². The summed E-state index contributed by atoms with van der Waals surface area (Å²) >= 11 is 2.23. The largest absolute Gasteiger partial charge is 0.360 e. The van der Waals surface area contributed by atoms with Crippen molar-refractivity contribution >= 4 is 28.0 Å². The van der Waals surface area contributed by atoms with Crippen molar-refractivity contribution in [1.82, 2.24) is 0 Å². The molecular formula is C12H30O2SSi2. The Kier molecular flexibility index (Phi) is 8.32. The van der Waals surface area contributed by atoms with Gasteiger partial charge in [0, 0.05) is 14.2 Å². The molecule has 0 amide bonds. The number of ether oxygens (including phenoxy) is 2. The first kappa shape index (κ1) is 17.7. The average Bonchev–Trinajstić information content (AvgIpc) is 2.21. The Morgan fingerprint density at radius 1 is 1.18 bits per heavy atom. The van der Waals surface area contributed by atoms with Crippen LogP contribution in [0.5, 0.6) is 0 Å². The van der Waals surface area contributed by atoms with Crippen LogP contribution in [-0.2, 0) is 9.47 Å². The lowest BCUT2D eigenvalue weighted by Crippen LogP contribution is -2.33. The molecular weight excluding hydrogens is 264 g/mol. The van der Waals surface area contributed by atoms with Crippen LogP contribution in [0.3, 0.4) is 0 Å². The maximum atomic E-state index is 5.24. The fourth-order valence-corrected chi connectivity index (χ4v) is 7.55. The topological polar surface area (TPSA) is 18.5 Å². The zero-order valence-corrected chi connectivity index (χ0v) is 15.9. The predicted octanol–water partition coefficient (Wildman–Crippen LogP) is 3.28. The normalized spacial score (nSPS) is 14.1. The molecule has 104 valence electrons. The molecule has 0 aromatic carbocycles. The van der Waals surface area contributed by atoms with Crippen molar-refractivity contribution in [3.8, 4) is 0 Å². The highest BCUT2D eigenvalue weighted by molar-refractivity contribution is 8.29. The lowest BCUT2D eigenvalue weighted by molar-refractivity contribution is -0.0441. The molecule has 2 nitrogen and oxygen atoms in total. The van der Waals surface area contributed by atoms with Crippen LogP contribution in [0.15, 0.2) is 0 Å². The monoisotopic (exact) mass is 294 g/mol. The first-order valence-electron chi connectivity index (χ1n) is 6.44. The van der Waals surface area contributed by atoms with Crippen molar-refractivity contribution in [2.45, 2.75) is 57.3 Å². The second kappa shape index (κ2) is 7.99. The molecule has 0 aromatic heterocycles. The van der Waals surface area contributed by atoms with Crippen LogP contribution >= 0.6 is 11.2 Å². The van der Waals surface area contributed by atoms with Crippen molar-refractivity contribution in [2.75, 3.05) is 20.0 Å². The number of hydrogen-bond donors (Lipinski definition) is 0. The fourth-order valence-electron chi connectivity index (χ4n) is 1.29. The van der Waals surface area contributed by atoms with Crippen molar-refractivity contribution in [3.05, 3.63) is 0 Å². The van der Waals surface area contributed by atoms with Crippen LogP contribution in [0.2, 0.25) is 24.2 Å². The lowest BCUT2D eigenvalue weighted by atomic mass is 10.2. The summed E-state index contributed by atoms with van der Waals surface area (Å²) in [4.78, 5) is 0. The summed E-state index contributed by atoms with van der Waals surface area (Å²) in [7, 11) is 2.14. The summed E-state index contributed by atoms with van der Waals surface area (Å²) in [6.45, 7) is 12.1. The van der Waals surface area contributed by atoms with Gasteiger partial charge in [-0.2, -0.15) is 11.2 Å². The summed E-state index contributed by atoms with van der Waals surface area (Å²) in [6.07, 6.45) is 1.33. The minimum atomic E-state index is -1.13. The summed E-state index contributed by atoms with van der Waals surface area (Å²) in [5.74, 6) is 1.43. The van der Waals surface area contributed by atoms with Gasteiger partial charge < -0.3 is 9.47 Å². The molecule has 5 heteroatoms. The number of methoxy groups -OCH3 is 2. The molecule has 0 bridgehead atoms. The Labute approximate surface area is 115 Å². The Hall–Kier alpha value is 0.704. The summed E-state index contributed by atoms with van der Waals surface area (Å²) < 4.78 is 10.5. The van der Waals surface area contributed by atoms with E-state index >= 15 is 0 Å². The highest BCUT2D eigenvalue weighted by Crippen LogP contribution is 2.43. The molecule has 0 aliphatic carbocycles. The fraction of sp³-hybridized carbons (Fsp3) is 1.00. The maximum Gasteiger partial charge on any atom is 0.134 e. The van der Waals surface area contributed by atoms with E-state index in [1.807, 2.05) is 0 Å². The van der Waals surface area contributed by atoms with E-state index in [-0.39, 0.29) is 15.4 Å². The molecule has 0 aliphatic rings. The maximum absolute atomic E-state index is 5.24. The quantitative estimate of drug-likeness (QED) is 0.389. The van der Waals surface area contributed by atoms with Crippen LogP contribution in [0.1, 0.15) is 27.2 Å². The van der Waals surface area contributed by atoms with Crippen LogP contribution in [0.4, 0.5) is 0 Å². The second-order valence-electron chi connectivity index (χ2n) is 6.01. The molecule has 0 saturated heterocycles. The van der Waals surface area contributed by atoms with E-state index < -0.39 is 7.22 Å². The van der Waals surface area contributed by atoms with Crippen molar-refractivity contribution in [3.63, 3.8) is 0 Å². The Morgan fingerprint density at radius 3 is 2.12 bits per heavy atom. The van der Waals surface area contributed by atoms with Gasteiger partial charge in [0.1, 0.15) is 13.1 Å². The first-order chi connectivity index (χ1) is 7.74. The van der Waals surface area contributed by atoms with Crippen molar-refractivity contribution in [2.24, 2.45) is 0 Å². The van der Waals surface area contributed by atoms with Gasteiger partial charge in [0.05, 0.1) is 9.52 Å². The molecule has 0 fully saturated rings. The second-order valence-corrected chi connectivity index (χ2v) is 17.1. The highest BCUT2D eigenvalue weighted by Gasteiger charge is 2.35. The van der Waals surface area contributed by atoms with Gasteiger partial charge in [-0.3, -0.25) is 0 Å². The average molecular weight is 295 g/mol. The van der Waals surface area contributed by atoms with Gasteiger partial charge in [-0.05, 0) is 17.2 Å². The van der Waals surface area contributed by atoms with Crippen molar-refractivity contribution in [1.29, 1.82) is 0 Å². The Bertz CT molecular complexity index is 201. The van der Waals surface area contributed by atoms with Gasteiger partial charge >= 0.3 is 0 Å². The molecule has 0 saturated carbocycles. The van der Waals surface area contributed by atoms with Crippen LogP contribution in [0.25, 0.3) is 0 Å². The van der Waals surface area contributed by atoms with Gasteiger partial charge in [-0.15, -0.1) is 0 Å². The van der Waals surface area contributed by atoms with E-state index in [1.165, 1.54) is 18.2 Å². The van der Waals surface area contributed by atoms with E-state index in [1.54, 1.807) is 14.2 Å². The third kappa shape index (κ3) is 7.01. The molecule has 0 atom stereocenters. The molecule has 0 aliphatic heterocycles. The molecule has 0 unspecified atom stereocenters. The van der Waals surface area contributed by atoms with Gasteiger partial charge in [0.2, 0.25) is 0 Å². The summed E-state index contributed by atoms with van der Waals surface area (Å²) in [5, 5.41) is 0.497. The zero-order chi connectivity index (χ0) is 13.5. The van der Waals surface area contributed by atoms with Crippen LogP contribution in [0, 0.1) is 0 Å². The standard InChI is InChI=1S/C12H30O2SSi2/c1-12(2,3)17(6,7)15-9-8-10-16-11(13-4)14-5/h11H,8-10,16H2,1-7H3. The molecule has 0 heterocycles. The Morgan fingerprint density at radius 2 is 1.71 bits per heavy atom. The van der Waals surface area contributed by atoms with E-state index in [4.69, 9.17) is 9.47 Å². The number of rotatable bonds is 8. The highest BCUT2D eigenvalue weighted by atomic mass is 32.4. The van der Waals surface area contributed by atoms with Gasteiger partial charge in [-0.25, -0.2) is 0 Å². The number of hydrogen-bond acceptors (Lipinski definition) is 3. The van der Waals surface area contributed by atoms with E-state index in [0.29, 0.717) is 5.04 Å². The first-order valence-corrected chi connectivity index (χ1v) is 13.0. The molecule has 0 aromatic rings. The van der Waals surface area contributed by atoms with Crippen LogP contribution < -0.4 is 0 Å². The lowest BCUT2D eigenvalue weighted by Gasteiger charge is -2.36. The molecule has 0 spiro atoms. The molecule has 17 heavy (non-hydrogen) atoms. The molecule has 0 N–H and O–H groups in total. The molecule has 0 radical (unpaired) electrons. The predicted molar refractivity (Wildman–Crippen MR) is 85.4 cm³/mol. The van der Waals surface area contributed by atoms with E-state index in [0.717, 1.165) is 0 Å². The third-order valence-electron chi connectivity index (χ3n) is 3.63. The Balaban J connectivity index is 3.72. The smallest absolute Gasteiger partial charge is 0.134 e. The summed E-state index contributed by atoms with van der Waals surface area (Å²) in [5.41, 5.74) is 0. The van der Waals surface area contributed by atoms with E-state index in [9.17, 15) is 0 Å². The summed E-state index contributed by atoms with van der Waals surface area (Å²) in [6, 6.07) is 1.33. The van der Waals surface area contributed by atoms with Gasteiger partial charge in [0.25, 0.3) is 0 Å². The third-order valence-corrected chi connectivity index (χ3v) is 15.1. The van der Waals surface area contributed by atoms with Gasteiger partial charge in [-0.1, -0.05) is 39.9 Å². The minimum Gasteiger partial charge on any atom is -0.360 e. The zero-order valence-electron chi connectivity index (χ0n) is 12.6.